The Hall–Kier alpha value is -0.850. The molecule has 0 atom stereocenters. The Labute approximate surface area is 387 Å². The number of aryl methyl sites for hydroxylation is 1. The minimum absolute atomic E-state index is 0.548. The lowest BCUT2D eigenvalue weighted by Gasteiger charge is -2.34. The van der Waals surface area contributed by atoms with E-state index in [0.717, 1.165) is 0 Å². The van der Waals surface area contributed by atoms with Gasteiger partial charge in [0.1, 0.15) is 6.54 Å². The lowest BCUT2D eigenvalue weighted by atomic mass is 9.71. The van der Waals surface area contributed by atoms with Crippen LogP contribution in [0, 0.1) is 5.41 Å². The van der Waals surface area contributed by atoms with Crippen molar-refractivity contribution in [1.29, 1.82) is 0 Å². The highest BCUT2D eigenvalue weighted by atomic mass is 14.9. The molecule has 61 heavy (non-hydrogen) atoms. The molecule has 0 fully saturated rings. The summed E-state index contributed by atoms with van der Waals surface area (Å²) in [4.78, 5) is 0. The predicted molar refractivity (Wildman–Crippen MR) is 277 cm³/mol. The maximum absolute atomic E-state index is 2.49. The van der Waals surface area contributed by atoms with Gasteiger partial charge in [-0.15, -0.1) is 0 Å². The molecule has 0 aromatic carbocycles. The van der Waals surface area contributed by atoms with Crippen LogP contribution in [0.4, 0.5) is 0 Å². The minimum atomic E-state index is 0.548. The molecule has 0 N–H and O–H groups in total. The van der Waals surface area contributed by atoms with E-state index in [1.165, 1.54) is 328 Å². The number of pyridine rings is 1. The van der Waals surface area contributed by atoms with Gasteiger partial charge in [-0.2, -0.15) is 0 Å². The van der Waals surface area contributed by atoms with Crippen molar-refractivity contribution in [3.8, 4) is 0 Å². The van der Waals surface area contributed by atoms with Gasteiger partial charge in [0.15, 0.2) is 12.4 Å². The average Bonchev–Trinajstić information content (AvgIpc) is 3.28. The second kappa shape index (κ2) is 48.6. The highest BCUT2D eigenvalue weighted by molar-refractivity contribution is 4.84. The molecule has 1 aromatic heterocycles. The SMILES string of the molecule is CCCCCCCCCCCCCCCCCCCC(CCCCCCCCCCCCCC)(CCCCCCCCCCCCCCCCCCC)CC[n+]1ccccc1. The summed E-state index contributed by atoms with van der Waals surface area (Å²) < 4.78 is 2.49. The van der Waals surface area contributed by atoms with Gasteiger partial charge in [-0.1, -0.05) is 322 Å². The van der Waals surface area contributed by atoms with Crippen molar-refractivity contribution >= 4 is 0 Å². The summed E-state index contributed by atoms with van der Waals surface area (Å²) >= 11 is 0. The summed E-state index contributed by atoms with van der Waals surface area (Å²) in [6.07, 6.45) is 77.9. The van der Waals surface area contributed by atoms with E-state index in [9.17, 15) is 0 Å². The molecule has 0 radical (unpaired) electrons. The molecule has 0 saturated heterocycles. The van der Waals surface area contributed by atoms with Crippen LogP contribution in [0.1, 0.15) is 342 Å². The van der Waals surface area contributed by atoms with Crippen LogP contribution < -0.4 is 4.57 Å². The van der Waals surface area contributed by atoms with E-state index in [0.29, 0.717) is 5.41 Å². The standard InChI is InChI=1S/C60H116N/c1-4-7-10-13-16-19-22-25-27-29-31-33-36-39-42-45-49-54-60(56-59-61-57-51-47-52-58-61,53-48-44-41-38-35-24-21-18-15-12-9-6-3)55-50-46-43-40-37-34-32-30-28-26-23-20-17-14-11-8-5-2/h47,51-52,57-58H,4-46,48-50,53-56,59H2,1-3H3/q+1. The second-order valence-electron chi connectivity index (χ2n) is 20.8. The van der Waals surface area contributed by atoms with Gasteiger partial charge in [0.2, 0.25) is 0 Å². The summed E-state index contributed by atoms with van der Waals surface area (Å²) in [5.41, 5.74) is 0.548. The molecule has 0 spiro atoms. The first-order valence-electron chi connectivity index (χ1n) is 29.2. The Morgan fingerprint density at radius 3 is 0.639 bits per heavy atom. The largest absolute Gasteiger partial charge is 0.205 e. The van der Waals surface area contributed by atoms with Crippen molar-refractivity contribution in [2.24, 2.45) is 5.41 Å². The van der Waals surface area contributed by atoms with Crippen molar-refractivity contribution in [3.05, 3.63) is 30.6 Å². The van der Waals surface area contributed by atoms with E-state index in [2.05, 4.69) is 55.9 Å². The zero-order valence-electron chi connectivity index (χ0n) is 42.9. The Morgan fingerprint density at radius 1 is 0.230 bits per heavy atom. The molecule has 1 aromatic rings. The lowest BCUT2D eigenvalue weighted by Crippen LogP contribution is -2.36. The van der Waals surface area contributed by atoms with E-state index >= 15 is 0 Å². The average molecular weight is 852 g/mol. The van der Waals surface area contributed by atoms with Crippen molar-refractivity contribution in [2.75, 3.05) is 0 Å². The smallest absolute Gasteiger partial charge is 0.168 e. The number of rotatable bonds is 52. The van der Waals surface area contributed by atoms with Gasteiger partial charge in [-0.3, -0.25) is 0 Å². The molecular formula is C60H116N+. The highest BCUT2D eigenvalue weighted by Gasteiger charge is 2.30. The molecule has 1 heterocycles. The molecule has 0 amide bonds. The van der Waals surface area contributed by atoms with Crippen LogP contribution in [0.2, 0.25) is 0 Å². The summed E-state index contributed by atoms with van der Waals surface area (Å²) in [6.45, 7) is 8.18. The number of hydrogen-bond acceptors (Lipinski definition) is 0. The molecule has 0 aliphatic rings. The van der Waals surface area contributed by atoms with Gasteiger partial charge < -0.3 is 0 Å². The molecular weight excluding hydrogens is 735 g/mol. The fourth-order valence-corrected chi connectivity index (χ4v) is 10.5. The first kappa shape index (κ1) is 58.2. The second-order valence-corrected chi connectivity index (χ2v) is 20.8. The molecule has 360 valence electrons. The molecule has 0 aliphatic carbocycles. The third-order valence-electron chi connectivity index (χ3n) is 14.9. The molecule has 0 saturated carbocycles. The van der Waals surface area contributed by atoms with Crippen LogP contribution in [0.3, 0.4) is 0 Å². The number of aromatic nitrogens is 1. The van der Waals surface area contributed by atoms with Gasteiger partial charge in [0.05, 0.1) is 0 Å². The van der Waals surface area contributed by atoms with E-state index in [4.69, 9.17) is 0 Å². The predicted octanol–water partition coefficient (Wildman–Crippen LogP) is 21.5. The summed E-state index contributed by atoms with van der Waals surface area (Å²) in [5, 5.41) is 0. The number of unbranched alkanes of at least 4 members (excludes halogenated alkanes) is 43. The quantitative estimate of drug-likeness (QED) is 0.0454. The Kier molecular flexibility index (Phi) is 46.3. The summed E-state index contributed by atoms with van der Waals surface area (Å²) in [7, 11) is 0. The maximum Gasteiger partial charge on any atom is 0.168 e. The van der Waals surface area contributed by atoms with Crippen LogP contribution in [0.15, 0.2) is 30.6 Å². The number of hydrogen-bond donors (Lipinski definition) is 0. The van der Waals surface area contributed by atoms with Crippen molar-refractivity contribution in [3.63, 3.8) is 0 Å². The lowest BCUT2D eigenvalue weighted by molar-refractivity contribution is -0.699. The minimum Gasteiger partial charge on any atom is -0.205 e. The Bertz CT molecular complexity index is 885. The molecule has 1 rings (SSSR count). The first-order valence-corrected chi connectivity index (χ1v) is 29.2. The topological polar surface area (TPSA) is 3.88 Å². The summed E-state index contributed by atoms with van der Waals surface area (Å²) in [5.74, 6) is 0. The van der Waals surface area contributed by atoms with Crippen molar-refractivity contribution in [1.82, 2.24) is 0 Å². The van der Waals surface area contributed by atoms with E-state index in [1.807, 2.05) is 0 Å². The van der Waals surface area contributed by atoms with Crippen LogP contribution in [-0.4, -0.2) is 0 Å². The molecule has 0 unspecified atom stereocenters. The summed E-state index contributed by atoms with van der Waals surface area (Å²) in [6, 6.07) is 6.66. The normalized spacial score (nSPS) is 11.9. The van der Waals surface area contributed by atoms with E-state index in [-0.39, 0.29) is 0 Å². The Morgan fingerprint density at radius 2 is 0.426 bits per heavy atom. The monoisotopic (exact) mass is 851 g/mol. The van der Waals surface area contributed by atoms with Gasteiger partial charge >= 0.3 is 0 Å². The first-order chi connectivity index (χ1) is 30.3. The molecule has 0 bridgehead atoms. The van der Waals surface area contributed by atoms with Gasteiger partial charge in [-0.05, 0) is 24.7 Å². The molecule has 1 heteroatoms. The van der Waals surface area contributed by atoms with Crippen molar-refractivity contribution < 1.29 is 4.57 Å². The van der Waals surface area contributed by atoms with E-state index in [1.54, 1.807) is 0 Å². The van der Waals surface area contributed by atoms with Gasteiger partial charge in [-0.25, -0.2) is 4.57 Å². The number of nitrogens with zero attached hydrogens (tertiary/aromatic N) is 1. The molecule has 0 aliphatic heterocycles. The third-order valence-corrected chi connectivity index (χ3v) is 14.9. The molecule has 1 nitrogen and oxygen atoms in total. The van der Waals surface area contributed by atoms with Crippen molar-refractivity contribution in [2.45, 2.75) is 348 Å². The van der Waals surface area contributed by atoms with Crippen LogP contribution in [-0.2, 0) is 6.54 Å². The maximum atomic E-state index is 2.49. The highest BCUT2D eigenvalue weighted by Crippen LogP contribution is 2.41. The zero-order chi connectivity index (χ0) is 43.7. The van der Waals surface area contributed by atoms with Gasteiger partial charge in [0.25, 0.3) is 0 Å². The van der Waals surface area contributed by atoms with Crippen LogP contribution in [0.5, 0.6) is 0 Å². The van der Waals surface area contributed by atoms with Crippen LogP contribution >= 0.6 is 0 Å². The fourth-order valence-electron chi connectivity index (χ4n) is 10.5. The third kappa shape index (κ3) is 41.6. The van der Waals surface area contributed by atoms with Crippen LogP contribution in [0.25, 0.3) is 0 Å². The zero-order valence-corrected chi connectivity index (χ0v) is 42.9. The van der Waals surface area contributed by atoms with Gasteiger partial charge in [0, 0.05) is 18.6 Å². The fraction of sp³-hybridized carbons (Fsp3) is 0.917. The Balaban J connectivity index is 2.46. The van der Waals surface area contributed by atoms with E-state index < -0.39 is 0 Å².